The minimum absolute atomic E-state index is 0.0151. The molecule has 0 spiro atoms. The van der Waals surface area contributed by atoms with Crippen molar-refractivity contribution in [3.8, 4) is 0 Å². The molecule has 0 aliphatic heterocycles. The molecule has 0 fully saturated rings. The molecule has 0 atom stereocenters. The van der Waals surface area contributed by atoms with E-state index in [4.69, 9.17) is 14.6 Å². The second-order valence-corrected chi connectivity index (χ2v) is 9.34. The molecular formula is C13H16N4O7S3. The van der Waals surface area contributed by atoms with Crippen LogP contribution in [0, 0.1) is 0 Å². The van der Waals surface area contributed by atoms with Crippen molar-refractivity contribution in [2.24, 2.45) is 16.6 Å². The molecule has 1 heterocycles. The van der Waals surface area contributed by atoms with Gasteiger partial charge in [-0.3, -0.25) is 0 Å². The molecule has 2 N–H and O–H groups in total. The molecule has 27 heavy (non-hydrogen) atoms. The highest BCUT2D eigenvalue weighted by molar-refractivity contribution is 7.91. The van der Waals surface area contributed by atoms with Crippen LogP contribution in [0.5, 0.6) is 0 Å². The molecule has 1 aromatic carbocycles. The second kappa shape index (κ2) is 8.26. The van der Waals surface area contributed by atoms with Crippen LogP contribution >= 0.6 is 11.3 Å². The summed E-state index contributed by atoms with van der Waals surface area (Å²) in [4.78, 5) is 11.5. The van der Waals surface area contributed by atoms with Crippen LogP contribution in [0.4, 0.5) is 0 Å². The van der Waals surface area contributed by atoms with E-state index in [-0.39, 0.29) is 28.5 Å². The summed E-state index contributed by atoms with van der Waals surface area (Å²) in [6.07, 6.45) is 0. The number of primary sulfonamides is 1. The summed E-state index contributed by atoms with van der Waals surface area (Å²) in [6.45, 7) is 0.219. The van der Waals surface area contributed by atoms with Crippen molar-refractivity contribution in [2.75, 3.05) is 20.3 Å². The number of aryl methyl sites for hydroxylation is 1. The third kappa shape index (κ3) is 5.43. The first-order valence-electron chi connectivity index (χ1n) is 7.18. The molecule has 0 bridgehead atoms. The normalized spacial score (nSPS) is 12.9. The SMILES string of the molecule is COCCOC(=O)c1cccc(S(=O)(=O)/N=c2/sc(S(N)(=O)=O)nn2C)c1. The zero-order chi connectivity index (χ0) is 20.2. The minimum Gasteiger partial charge on any atom is -0.460 e. The van der Waals surface area contributed by atoms with E-state index in [1.165, 1.54) is 32.4 Å². The molecule has 14 heteroatoms. The average molecular weight is 436 g/mol. The highest BCUT2D eigenvalue weighted by Gasteiger charge is 2.19. The van der Waals surface area contributed by atoms with Gasteiger partial charge in [-0.15, -0.1) is 9.50 Å². The van der Waals surface area contributed by atoms with Gasteiger partial charge < -0.3 is 9.47 Å². The Hall–Kier alpha value is -2.13. The fourth-order valence-corrected chi connectivity index (χ4v) is 4.58. The van der Waals surface area contributed by atoms with Gasteiger partial charge in [0.1, 0.15) is 6.61 Å². The molecule has 2 aromatic rings. The van der Waals surface area contributed by atoms with Gasteiger partial charge in [-0.1, -0.05) is 17.4 Å². The largest absolute Gasteiger partial charge is 0.460 e. The smallest absolute Gasteiger partial charge is 0.338 e. The lowest BCUT2D eigenvalue weighted by atomic mass is 10.2. The third-order valence-electron chi connectivity index (χ3n) is 3.02. The zero-order valence-electron chi connectivity index (χ0n) is 14.2. The fraction of sp³-hybridized carbons (Fsp3) is 0.308. The molecule has 0 aliphatic carbocycles. The van der Waals surface area contributed by atoms with E-state index in [9.17, 15) is 21.6 Å². The maximum absolute atomic E-state index is 12.5. The lowest BCUT2D eigenvalue weighted by molar-refractivity contribution is 0.0388. The van der Waals surface area contributed by atoms with Gasteiger partial charge in [-0.25, -0.2) is 23.0 Å². The first-order chi connectivity index (χ1) is 12.5. The molecule has 0 saturated heterocycles. The number of hydrogen-bond acceptors (Lipinski definition) is 9. The first-order valence-corrected chi connectivity index (χ1v) is 11.0. The number of carbonyl (C=O) groups is 1. The molecule has 0 saturated carbocycles. The number of ether oxygens (including phenoxy) is 2. The van der Waals surface area contributed by atoms with E-state index in [1.807, 2.05) is 0 Å². The maximum atomic E-state index is 12.5. The Balaban J connectivity index is 2.39. The highest BCUT2D eigenvalue weighted by atomic mass is 32.2. The Morgan fingerprint density at radius 1 is 1.30 bits per heavy atom. The molecule has 11 nitrogen and oxygen atoms in total. The summed E-state index contributed by atoms with van der Waals surface area (Å²) in [5.74, 6) is -0.719. The number of carbonyl (C=O) groups excluding carboxylic acids is 1. The molecular weight excluding hydrogens is 420 g/mol. The van der Waals surface area contributed by atoms with Crippen LogP contribution in [0.2, 0.25) is 0 Å². The van der Waals surface area contributed by atoms with Crippen LogP contribution < -0.4 is 9.94 Å². The summed E-state index contributed by atoms with van der Waals surface area (Å²) < 4.78 is 61.4. The lowest BCUT2D eigenvalue weighted by Gasteiger charge is -2.05. The van der Waals surface area contributed by atoms with E-state index in [0.717, 1.165) is 10.7 Å². The van der Waals surface area contributed by atoms with Gasteiger partial charge in [0, 0.05) is 14.2 Å². The molecule has 0 amide bonds. The number of hydrogen-bond donors (Lipinski definition) is 1. The van der Waals surface area contributed by atoms with Crippen molar-refractivity contribution in [3.05, 3.63) is 34.6 Å². The first kappa shape index (κ1) is 21.2. The number of nitrogens with zero attached hydrogens (tertiary/aromatic N) is 3. The molecule has 0 unspecified atom stereocenters. The van der Waals surface area contributed by atoms with Crippen LogP contribution in [0.1, 0.15) is 10.4 Å². The molecule has 148 valence electrons. The Morgan fingerprint density at radius 3 is 2.59 bits per heavy atom. The summed E-state index contributed by atoms with van der Waals surface area (Å²) in [5.41, 5.74) is 0.0151. The Morgan fingerprint density at radius 2 is 2.00 bits per heavy atom. The van der Waals surface area contributed by atoms with E-state index < -0.39 is 30.4 Å². The predicted molar refractivity (Wildman–Crippen MR) is 93.8 cm³/mol. The highest BCUT2D eigenvalue weighted by Crippen LogP contribution is 2.15. The molecule has 0 radical (unpaired) electrons. The molecule has 0 aliphatic rings. The summed E-state index contributed by atoms with van der Waals surface area (Å²) >= 11 is 0.500. The van der Waals surface area contributed by atoms with E-state index in [0.29, 0.717) is 11.3 Å². The van der Waals surface area contributed by atoms with Crippen LogP contribution in [0.15, 0.2) is 37.9 Å². The Labute approximate surface area is 159 Å². The van der Waals surface area contributed by atoms with Crippen LogP contribution in [-0.2, 0) is 36.6 Å². The van der Waals surface area contributed by atoms with Gasteiger partial charge in [-0.05, 0) is 18.2 Å². The van der Waals surface area contributed by atoms with Gasteiger partial charge in [0.2, 0.25) is 9.14 Å². The summed E-state index contributed by atoms with van der Waals surface area (Å²) in [7, 11) is -5.57. The Kier molecular flexibility index (Phi) is 6.48. The average Bonchev–Trinajstić information content (AvgIpc) is 2.95. The predicted octanol–water partition coefficient (Wildman–Crippen LogP) is -0.778. The van der Waals surface area contributed by atoms with Crippen molar-refractivity contribution in [1.29, 1.82) is 0 Å². The number of aromatic nitrogens is 2. The van der Waals surface area contributed by atoms with Gasteiger partial charge in [0.15, 0.2) is 0 Å². The number of benzene rings is 1. The number of sulfonamides is 2. The number of rotatable bonds is 7. The van der Waals surface area contributed by atoms with Crippen molar-refractivity contribution in [3.63, 3.8) is 0 Å². The number of nitrogens with two attached hydrogens (primary N) is 1. The number of methoxy groups -OCH3 is 1. The molecule has 1 aromatic heterocycles. The van der Waals surface area contributed by atoms with Crippen molar-refractivity contribution in [2.45, 2.75) is 9.24 Å². The Bertz CT molecular complexity index is 1120. The summed E-state index contributed by atoms with van der Waals surface area (Å²) in [6, 6.07) is 5.10. The van der Waals surface area contributed by atoms with Gasteiger partial charge >= 0.3 is 5.97 Å². The quantitative estimate of drug-likeness (QED) is 0.437. The van der Waals surface area contributed by atoms with Crippen LogP contribution in [0.25, 0.3) is 0 Å². The van der Waals surface area contributed by atoms with Gasteiger partial charge in [0.05, 0.1) is 17.1 Å². The molecule has 2 rings (SSSR count). The van der Waals surface area contributed by atoms with Crippen molar-refractivity contribution in [1.82, 2.24) is 9.78 Å². The van der Waals surface area contributed by atoms with Crippen molar-refractivity contribution >= 4 is 37.4 Å². The van der Waals surface area contributed by atoms with E-state index >= 15 is 0 Å². The van der Waals surface area contributed by atoms with Gasteiger partial charge in [0.25, 0.3) is 20.0 Å². The van der Waals surface area contributed by atoms with Crippen LogP contribution in [0.3, 0.4) is 0 Å². The van der Waals surface area contributed by atoms with E-state index in [1.54, 1.807) is 0 Å². The van der Waals surface area contributed by atoms with Crippen molar-refractivity contribution < 1.29 is 31.1 Å². The second-order valence-electron chi connectivity index (χ2n) is 5.04. The van der Waals surface area contributed by atoms with Crippen LogP contribution in [-0.4, -0.2) is 52.9 Å². The summed E-state index contributed by atoms with van der Waals surface area (Å²) in [5, 5.41) is 8.60. The fourth-order valence-electron chi connectivity index (χ4n) is 1.76. The topological polar surface area (TPSA) is 160 Å². The zero-order valence-corrected chi connectivity index (χ0v) is 16.7. The minimum atomic E-state index is -4.24. The third-order valence-corrected chi connectivity index (χ3v) is 6.71. The number of esters is 1. The van der Waals surface area contributed by atoms with Gasteiger partial charge in [-0.2, -0.15) is 8.42 Å². The monoisotopic (exact) mass is 436 g/mol. The lowest BCUT2D eigenvalue weighted by Crippen LogP contribution is -2.16. The van der Waals surface area contributed by atoms with E-state index in [2.05, 4.69) is 9.50 Å². The maximum Gasteiger partial charge on any atom is 0.338 e. The standard InChI is InChI=1S/C13H16N4O7S3/c1-17-12(25-13(15-17)26(14,19)20)16-27(21,22)10-5-3-4-9(8-10)11(18)24-7-6-23-2/h3-5,8H,6-7H2,1-2H3,(H2,14,19,20)/b16-12+.